The van der Waals surface area contributed by atoms with Crippen LogP contribution in [0, 0.1) is 0 Å². The SMILES string of the molecule is CNCc1ccoc1CN1CCN(CC(F)(F)F)CC1. The maximum atomic E-state index is 12.3. The molecule has 1 aliphatic heterocycles. The van der Waals surface area contributed by atoms with E-state index in [1.807, 2.05) is 13.1 Å². The Hall–Kier alpha value is -1.05. The molecule has 20 heavy (non-hydrogen) atoms. The van der Waals surface area contributed by atoms with Gasteiger partial charge in [0, 0.05) is 38.3 Å². The lowest BCUT2D eigenvalue weighted by Crippen LogP contribution is -2.48. The first-order valence-electron chi connectivity index (χ1n) is 6.69. The first kappa shape index (κ1) is 15.3. The van der Waals surface area contributed by atoms with Gasteiger partial charge in [0.05, 0.1) is 19.4 Å². The number of furan rings is 1. The zero-order valence-corrected chi connectivity index (χ0v) is 11.5. The van der Waals surface area contributed by atoms with Gasteiger partial charge in [-0.05, 0) is 13.1 Å². The molecule has 114 valence electrons. The summed E-state index contributed by atoms with van der Waals surface area (Å²) in [6.07, 6.45) is -2.45. The van der Waals surface area contributed by atoms with Crippen molar-refractivity contribution in [2.45, 2.75) is 19.3 Å². The van der Waals surface area contributed by atoms with Gasteiger partial charge in [0.2, 0.25) is 0 Å². The summed E-state index contributed by atoms with van der Waals surface area (Å²) in [6.45, 7) is 2.74. The van der Waals surface area contributed by atoms with Crippen LogP contribution in [0.5, 0.6) is 0 Å². The van der Waals surface area contributed by atoms with Crippen LogP contribution in [0.15, 0.2) is 16.7 Å². The minimum Gasteiger partial charge on any atom is -0.468 e. The van der Waals surface area contributed by atoms with Crippen LogP contribution in [0.1, 0.15) is 11.3 Å². The molecule has 0 aliphatic carbocycles. The van der Waals surface area contributed by atoms with Crippen LogP contribution >= 0.6 is 0 Å². The lowest BCUT2D eigenvalue weighted by atomic mass is 10.2. The molecule has 1 aromatic rings. The molecule has 1 aliphatic rings. The Morgan fingerprint density at radius 3 is 2.45 bits per heavy atom. The predicted molar refractivity (Wildman–Crippen MR) is 69.2 cm³/mol. The third-order valence-corrected chi connectivity index (χ3v) is 3.44. The zero-order chi connectivity index (χ0) is 14.6. The van der Waals surface area contributed by atoms with E-state index >= 15 is 0 Å². The first-order chi connectivity index (χ1) is 9.48. The fourth-order valence-electron chi connectivity index (χ4n) is 2.42. The van der Waals surface area contributed by atoms with Gasteiger partial charge in [-0.25, -0.2) is 0 Å². The van der Waals surface area contributed by atoms with Crippen molar-refractivity contribution in [3.63, 3.8) is 0 Å². The molecule has 0 amide bonds. The van der Waals surface area contributed by atoms with Crippen LogP contribution in [0.2, 0.25) is 0 Å². The number of hydrogen-bond donors (Lipinski definition) is 1. The van der Waals surface area contributed by atoms with Crippen molar-refractivity contribution in [2.24, 2.45) is 0 Å². The first-order valence-corrected chi connectivity index (χ1v) is 6.69. The van der Waals surface area contributed by atoms with Crippen molar-refractivity contribution >= 4 is 0 Å². The molecule has 4 nitrogen and oxygen atoms in total. The lowest BCUT2D eigenvalue weighted by molar-refractivity contribution is -0.149. The number of nitrogens with zero attached hydrogens (tertiary/aromatic N) is 2. The lowest BCUT2D eigenvalue weighted by Gasteiger charge is -2.34. The molecule has 0 bridgehead atoms. The highest BCUT2D eigenvalue weighted by molar-refractivity contribution is 5.16. The second-order valence-corrected chi connectivity index (χ2v) is 5.07. The van der Waals surface area contributed by atoms with Crippen molar-refractivity contribution in [3.8, 4) is 0 Å². The molecular formula is C13H20F3N3O. The molecule has 0 aromatic carbocycles. The Morgan fingerprint density at radius 1 is 1.20 bits per heavy atom. The van der Waals surface area contributed by atoms with E-state index in [0.717, 1.165) is 17.9 Å². The van der Waals surface area contributed by atoms with Gasteiger partial charge in [0.15, 0.2) is 0 Å². The zero-order valence-electron chi connectivity index (χ0n) is 11.5. The van der Waals surface area contributed by atoms with E-state index in [1.54, 1.807) is 6.26 Å². The highest BCUT2D eigenvalue weighted by atomic mass is 19.4. The predicted octanol–water partition coefficient (Wildman–Crippen LogP) is 1.68. The number of hydrogen-bond acceptors (Lipinski definition) is 4. The second-order valence-electron chi connectivity index (χ2n) is 5.07. The monoisotopic (exact) mass is 291 g/mol. The Kier molecular flexibility index (Phi) is 5.06. The summed E-state index contributed by atoms with van der Waals surface area (Å²) < 4.78 is 42.4. The second kappa shape index (κ2) is 6.60. The summed E-state index contributed by atoms with van der Waals surface area (Å²) in [7, 11) is 1.87. The molecule has 0 spiro atoms. The number of nitrogens with one attached hydrogen (secondary N) is 1. The molecule has 2 rings (SSSR count). The fraction of sp³-hybridized carbons (Fsp3) is 0.692. The molecule has 2 heterocycles. The van der Waals surface area contributed by atoms with E-state index in [4.69, 9.17) is 4.42 Å². The maximum absolute atomic E-state index is 12.3. The molecule has 7 heteroatoms. The summed E-state index contributed by atoms with van der Waals surface area (Å²) >= 11 is 0. The Morgan fingerprint density at radius 2 is 1.85 bits per heavy atom. The summed E-state index contributed by atoms with van der Waals surface area (Å²) in [5, 5.41) is 3.07. The number of piperazine rings is 1. The van der Waals surface area contributed by atoms with Crippen LogP contribution in [0.4, 0.5) is 13.2 Å². The number of alkyl halides is 3. The van der Waals surface area contributed by atoms with E-state index in [1.165, 1.54) is 4.90 Å². The molecule has 0 saturated carbocycles. The Balaban J connectivity index is 1.81. The highest BCUT2D eigenvalue weighted by Gasteiger charge is 2.32. The Labute approximate surface area is 116 Å². The van der Waals surface area contributed by atoms with E-state index in [2.05, 4.69) is 10.2 Å². The molecular weight excluding hydrogens is 271 g/mol. The van der Waals surface area contributed by atoms with Crippen LogP contribution < -0.4 is 5.32 Å². The molecule has 1 aromatic heterocycles. The largest absolute Gasteiger partial charge is 0.468 e. The topological polar surface area (TPSA) is 31.7 Å². The van der Waals surface area contributed by atoms with Crippen LogP contribution in [-0.2, 0) is 13.1 Å². The number of halogens is 3. The van der Waals surface area contributed by atoms with Crippen LogP contribution in [-0.4, -0.2) is 55.7 Å². The third kappa shape index (κ3) is 4.50. The Bertz CT molecular complexity index is 411. The van der Waals surface area contributed by atoms with Gasteiger partial charge >= 0.3 is 6.18 Å². The van der Waals surface area contributed by atoms with Gasteiger partial charge in [-0.2, -0.15) is 13.2 Å². The summed E-state index contributed by atoms with van der Waals surface area (Å²) in [5.74, 6) is 0.892. The van der Waals surface area contributed by atoms with Gasteiger partial charge < -0.3 is 9.73 Å². The molecule has 0 radical (unpaired) electrons. The highest BCUT2D eigenvalue weighted by Crippen LogP contribution is 2.19. The average Bonchev–Trinajstić information content (AvgIpc) is 2.78. The average molecular weight is 291 g/mol. The van der Waals surface area contributed by atoms with Crippen LogP contribution in [0.25, 0.3) is 0 Å². The summed E-state index contributed by atoms with van der Waals surface area (Å²) in [4.78, 5) is 3.58. The van der Waals surface area contributed by atoms with Crippen molar-refractivity contribution in [3.05, 3.63) is 23.7 Å². The summed E-state index contributed by atoms with van der Waals surface area (Å²) in [6, 6.07) is 1.92. The van der Waals surface area contributed by atoms with Crippen molar-refractivity contribution in [1.29, 1.82) is 0 Å². The van der Waals surface area contributed by atoms with Crippen molar-refractivity contribution in [1.82, 2.24) is 15.1 Å². The summed E-state index contributed by atoms with van der Waals surface area (Å²) in [5.41, 5.74) is 1.10. The molecule has 1 fully saturated rings. The molecule has 0 atom stereocenters. The van der Waals surface area contributed by atoms with Crippen molar-refractivity contribution < 1.29 is 17.6 Å². The van der Waals surface area contributed by atoms with E-state index in [-0.39, 0.29) is 0 Å². The quantitative estimate of drug-likeness (QED) is 0.894. The van der Waals surface area contributed by atoms with E-state index in [0.29, 0.717) is 32.7 Å². The van der Waals surface area contributed by atoms with Gasteiger partial charge in [0.1, 0.15) is 5.76 Å². The number of rotatable bonds is 5. The van der Waals surface area contributed by atoms with E-state index in [9.17, 15) is 13.2 Å². The standard InChI is InChI=1S/C13H20F3N3O/c1-17-8-11-2-7-20-12(11)9-18-3-5-19(6-4-18)10-13(14,15)16/h2,7,17H,3-6,8-10H2,1H3. The smallest absolute Gasteiger partial charge is 0.401 e. The molecule has 1 saturated heterocycles. The van der Waals surface area contributed by atoms with Gasteiger partial charge in [0.25, 0.3) is 0 Å². The minimum absolute atomic E-state index is 0.446. The van der Waals surface area contributed by atoms with Crippen LogP contribution in [0.3, 0.4) is 0 Å². The fourth-order valence-corrected chi connectivity index (χ4v) is 2.42. The minimum atomic E-state index is -4.11. The van der Waals surface area contributed by atoms with Gasteiger partial charge in [-0.3, -0.25) is 9.80 Å². The van der Waals surface area contributed by atoms with Crippen molar-refractivity contribution in [2.75, 3.05) is 39.8 Å². The molecule has 0 unspecified atom stereocenters. The van der Waals surface area contributed by atoms with E-state index < -0.39 is 12.7 Å². The van der Waals surface area contributed by atoms with Gasteiger partial charge in [-0.15, -0.1) is 0 Å². The van der Waals surface area contributed by atoms with Gasteiger partial charge in [-0.1, -0.05) is 0 Å². The normalized spacial score (nSPS) is 18.6. The third-order valence-electron chi connectivity index (χ3n) is 3.44. The molecule has 1 N–H and O–H groups in total. The maximum Gasteiger partial charge on any atom is 0.401 e.